The number of hydrogen-bond donors (Lipinski definition) is 0. The first-order chi connectivity index (χ1) is 14.1. The maximum atomic E-state index is 13.5. The van der Waals surface area contributed by atoms with Crippen molar-refractivity contribution < 1.29 is 18.1 Å². The van der Waals surface area contributed by atoms with Crippen molar-refractivity contribution in [2.75, 3.05) is 4.31 Å². The topological polar surface area (TPSA) is 97.6 Å². The van der Waals surface area contributed by atoms with E-state index in [1.165, 1.54) is 36.4 Å². The minimum Gasteiger partial charge on any atom is -0.268 e. The number of anilines is 1. The quantitative estimate of drug-likeness (QED) is 0.411. The lowest BCUT2D eigenvalue weighted by molar-refractivity contribution is -0.384. The molecule has 3 aromatic rings. The highest BCUT2D eigenvalue weighted by Gasteiger charge is 2.33. The summed E-state index contributed by atoms with van der Waals surface area (Å²) in [6.45, 7) is 3.48. The molecule has 0 saturated heterocycles. The molecule has 0 saturated carbocycles. The lowest BCUT2D eigenvalue weighted by atomic mass is 10.1. The molecular weight excluding hydrogens is 428 g/mol. The Morgan fingerprint density at radius 3 is 2.13 bits per heavy atom. The summed E-state index contributed by atoms with van der Waals surface area (Å²) in [5.41, 5.74) is 1.34. The second-order valence-corrected chi connectivity index (χ2v) is 8.85. The van der Waals surface area contributed by atoms with Crippen LogP contribution in [0, 0.1) is 24.0 Å². The SMILES string of the molecule is Cc1ccc(C)c(N(C(=O)c2ccc([N+](=O)[O-])cc2)S(=O)(=O)c2ccc(Cl)cc2)c1. The minimum atomic E-state index is -4.29. The predicted molar refractivity (Wildman–Crippen MR) is 114 cm³/mol. The van der Waals surface area contributed by atoms with E-state index in [4.69, 9.17) is 11.6 Å². The smallest absolute Gasteiger partial charge is 0.268 e. The van der Waals surface area contributed by atoms with Crippen LogP contribution < -0.4 is 4.31 Å². The highest BCUT2D eigenvalue weighted by molar-refractivity contribution is 7.93. The molecule has 0 atom stereocenters. The molecule has 0 aliphatic rings. The lowest BCUT2D eigenvalue weighted by Crippen LogP contribution is -2.37. The first kappa shape index (κ1) is 21.5. The summed E-state index contributed by atoms with van der Waals surface area (Å²) in [5.74, 6) is -0.825. The number of halogens is 1. The van der Waals surface area contributed by atoms with Gasteiger partial charge < -0.3 is 0 Å². The van der Waals surface area contributed by atoms with E-state index < -0.39 is 20.9 Å². The summed E-state index contributed by atoms with van der Waals surface area (Å²) in [6, 6.07) is 15.4. The van der Waals surface area contributed by atoms with Gasteiger partial charge in [0.15, 0.2) is 0 Å². The Hall–Kier alpha value is -3.23. The van der Waals surface area contributed by atoms with Gasteiger partial charge in [-0.05, 0) is 67.4 Å². The van der Waals surface area contributed by atoms with Crippen LogP contribution in [0.5, 0.6) is 0 Å². The Kier molecular flexibility index (Phi) is 5.91. The van der Waals surface area contributed by atoms with Crippen molar-refractivity contribution in [1.29, 1.82) is 0 Å². The summed E-state index contributed by atoms with van der Waals surface area (Å²) in [5, 5.41) is 11.3. The standard InChI is InChI=1S/C21H17ClN2O5S/c1-14-3-4-15(2)20(13-14)23(30(28,29)19-11-7-17(22)8-12-19)21(25)16-5-9-18(10-6-16)24(26)27/h3-13H,1-2H3. The maximum Gasteiger partial charge on any atom is 0.272 e. The van der Waals surface area contributed by atoms with E-state index in [-0.39, 0.29) is 21.8 Å². The number of nitrogens with zero attached hydrogens (tertiary/aromatic N) is 2. The summed E-state index contributed by atoms with van der Waals surface area (Å²) in [7, 11) is -4.29. The summed E-state index contributed by atoms with van der Waals surface area (Å²) in [4.78, 5) is 23.5. The average Bonchev–Trinajstić information content (AvgIpc) is 2.71. The Balaban J connectivity index is 2.19. The first-order valence-electron chi connectivity index (χ1n) is 8.78. The zero-order chi connectivity index (χ0) is 22.1. The van der Waals surface area contributed by atoms with Crippen LogP contribution in [0.1, 0.15) is 21.5 Å². The molecule has 3 aromatic carbocycles. The number of nitro benzene ring substituents is 1. The number of non-ortho nitro benzene ring substituents is 1. The fourth-order valence-electron chi connectivity index (χ4n) is 2.84. The highest BCUT2D eigenvalue weighted by Crippen LogP contribution is 2.30. The third kappa shape index (κ3) is 4.19. The average molecular weight is 445 g/mol. The fourth-order valence-corrected chi connectivity index (χ4v) is 4.44. The van der Waals surface area contributed by atoms with Crippen molar-refractivity contribution in [2.24, 2.45) is 0 Å². The van der Waals surface area contributed by atoms with Gasteiger partial charge in [0.05, 0.1) is 15.5 Å². The van der Waals surface area contributed by atoms with E-state index >= 15 is 0 Å². The van der Waals surface area contributed by atoms with Gasteiger partial charge in [0.25, 0.3) is 21.6 Å². The van der Waals surface area contributed by atoms with Crippen molar-refractivity contribution in [3.05, 3.63) is 98.6 Å². The van der Waals surface area contributed by atoms with Crippen molar-refractivity contribution >= 4 is 38.9 Å². The molecule has 0 N–H and O–H groups in total. The lowest BCUT2D eigenvalue weighted by Gasteiger charge is -2.25. The van der Waals surface area contributed by atoms with Gasteiger partial charge in [0.2, 0.25) is 0 Å². The van der Waals surface area contributed by atoms with Gasteiger partial charge in [-0.2, -0.15) is 4.31 Å². The second-order valence-electron chi connectivity index (χ2n) is 6.62. The number of benzene rings is 3. The van der Waals surface area contributed by atoms with E-state index in [1.54, 1.807) is 26.0 Å². The molecule has 0 radical (unpaired) electrons. The zero-order valence-electron chi connectivity index (χ0n) is 16.1. The van der Waals surface area contributed by atoms with Gasteiger partial charge in [-0.25, -0.2) is 8.42 Å². The molecule has 0 fully saturated rings. The minimum absolute atomic E-state index is 0.000885. The molecule has 7 nitrogen and oxygen atoms in total. The normalized spacial score (nSPS) is 11.2. The molecule has 0 spiro atoms. The van der Waals surface area contributed by atoms with Crippen molar-refractivity contribution in [1.82, 2.24) is 0 Å². The second kappa shape index (κ2) is 8.25. The molecular formula is C21H17ClN2O5S. The molecule has 9 heteroatoms. The Bertz CT molecular complexity index is 1220. The van der Waals surface area contributed by atoms with Crippen LogP contribution in [-0.2, 0) is 10.0 Å². The number of nitro groups is 1. The van der Waals surface area contributed by atoms with E-state index in [0.29, 0.717) is 10.6 Å². The maximum absolute atomic E-state index is 13.5. The monoisotopic (exact) mass is 444 g/mol. The largest absolute Gasteiger partial charge is 0.272 e. The number of sulfonamides is 1. The first-order valence-corrected chi connectivity index (χ1v) is 10.6. The Labute approximate surface area is 178 Å². The molecule has 30 heavy (non-hydrogen) atoms. The number of amides is 1. The van der Waals surface area contributed by atoms with Crippen molar-refractivity contribution in [3.8, 4) is 0 Å². The Morgan fingerprint density at radius 2 is 1.57 bits per heavy atom. The molecule has 0 bridgehead atoms. The number of aryl methyl sites for hydroxylation is 2. The van der Waals surface area contributed by atoms with Gasteiger partial charge in [-0.1, -0.05) is 23.7 Å². The molecule has 1 amide bonds. The fraction of sp³-hybridized carbons (Fsp3) is 0.0952. The summed E-state index contributed by atoms with van der Waals surface area (Å²) in [6.07, 6.45) is 0. The van der Waals surface area contributed by atoms with Gasteiger partial charge >= 0.3 is 0 Å². The molecule has 154 valence electrons. The number of rotatable bonds is 5. The highest BCUT2D eigenvalue weighted by atomic mass is 35.5. The molecule has 0 aliphatic heterocycles. The van der Waals surface area contributed by atoms with Crippen molar-refractivity contribution in [2.45, 2.75) is 18.7 Å². The van der Waals surface area contributed by atoms with Crippen LogP contribution in [0.15, 0.2) is 71.6 Å². The summed E-state index contributed by atoms with van der Waals surface area (Å²) >= 11 is 5.87. The molecule has 0 unspecified atom stereocenters. The van der Waals surface area contributed by atoms with Crippen LogP contribution >= 0.6 is 11.6 Å². The molecule has 0 aromatic heterocycles. The van der Waals surface area contributed by atoms with Crippen LogP contribution in [-0.4, -0.2) is 19.2 Å². The van der Waals surface area contributed by atoms with E-state index in [0.717, 1.165) is 22.0 Å². The number of hydrogen-bond acceptors (Lipinski definition) is 5. The van der Waals surface area contributed by atoms with Crippen LogP contribution in [0.3, 0.4) is 0 Å². The van der Waals surface area contributed by atoms with Gasteiger partial charge in [-0.15, -0.1) is 0 Å². The molecule has 0 aliphatic carbocycles. The summed E-state index contributed by atoms with van der Waals surface area (Å²) < 4.78 is 27.6. The van der Waals surface area contributed by atoms with Gasteiger partial charge in [0.1, 0.15) is 0 Å². The number of carbonyl (C=O) groups is 1. The van der Waals surface area contributed by atoms with E-state index in [9.17, 15) is 23.3 Å². The van der Waals surface area contributed by atoms with E-state index in [1.807, 2.05) is 6.07 Å². The third-order valence-corrected chi connectivity index (χ3v) is 6.41. The Morgan fingerprint density at radius 1 is 0.967 bits per heavy atom. The van der Waals surface area contributed by atoms with Crippen LogP contribution in [0.4, 0.5) is 11.4 Å². The van der Waals surface area contributed by atoms with Crippen LogP contribution in [0.2, 0.25) is 5.02 Å². The van der Waals surface area contributed by atoms with Crippen molar-refractivity contribution in [3.63, 3.8) is 0 Å². The zero-order valence-corrected chi connectivity index (χ0v) is 17.6. The van der Waals surface area contributed by atoms with E-state index in [2.05, 4.69) is 0 Å². The molecule has 0 heterocycles. The predicted octanol–water partition coefficient (Wildman–Crippen LogP) is 4.90. The van der Waals surface area contributed by atoms with Crippen LogP contribution in [0.25, 0.3) is 0 Å². The number of carbonyl (C=O) groups excluding carboxylic acids is 1. The van der Waals surface area contributed by atoms with Gasteiger partial charge in [0, 0.05) is 22.7 Å². The molecule has 3 rings (SSSR count). The third-order valence-electron chi connectivity index (χ3n) is 4.44. The van der Waals surface area contributed by atoms with Gasteiger partial charge in [-0.3, -0.25) is 14.9 Å².